The van der Waals surface area contributed by atoms with Crippen LogP contribution in [-0.4, -0.2) is 89.1 Å². The number of nitrogens with zero attached hydrogens (tertiary/aromatic N) is 5. The second-order valence-corrected chi connectivity index (χ2v) is 13.8. The van der Waals surface area contributed by atoms with Crippen LogP contribution in [-0.2, 0) is 19.7 Å². The molecule has 2 N–H and O–H groups in total. The third-order valence-electron chi connectivity index (χ3n) is 8.77. The number of carbonyl (C=O) groups excluding carboxylic acids is 2. The van der Waals surface area contributed by atoms with Gasteiger partial charge in [0.15, 0.2) is 10.8 Å². The number of carbonyl (C=O) groups is 3. The Morgan fingerprint density at radius 2 is 1.94 bits per heavy atom. The van der Waals surface area contributed by atoms with Crippen LogP contribution in [0.2, 0.25) is 0 Å². The van der Waals surface area contributed by atoms with Crippen LogP contribution >= 0.6 is 27.3 Å². The van der Waals surface area contributed by atoms with Gasteiger partial charge in [-0.2, -0.15) is 0 Å². The van der Waals surface area contributed by atoms with Crippen LogP contribution in [0, 0.1) is 5.82 Å². The van der Waals surface area contributed by atoms with E-state index in [-0.39, 0.29) is 18.7 Å². The van der Waals surface area contributed by atoms with Crippen molar-refractivity contribution in [1.29, 1.82) is 0 Å². The van der Waals surface area contributed by atoms with Crippen LogP contribution in [0.3, 0.4) is 0 Å². The summed E-state index contributed by atoms with van der Waals surface area (Å²) >= 11 is 4.88. The van der Waals surface area contributed by atoms with Gasteiger partial charge in [-0.1, -0.05) is 34.1 Å². The highest BCUT2D eigenvalue weighted by Gasteiger charge is 2.42. The molecule has 1 aromatic heterocycles. The number of ether oxygens (including phenoxy) is 1. The molecule has 246 valence electrons. The molecule has 11 nitrogen and oxygen atoms in total. The summed E-state index contributed by atoms with van der Waals surface area (Å²) < 4.78 is 20.1. The molecule has 3 aliphatic heterocycles. The normalized spacial score (nSPS) is 20.2. The topological polar surface area (TPSA) is 128 Å². The Hall–Kier alpha value is -4.14. The minimum absolute atomic E-state index is 0.0958. The molecule has 0 saturated carbocycles. The number of hydrogen-bond acceptors (Lipinski definition) is 9. The molecule has 0 unspecified atom stereocenters. The first-order valence-corrected chi connectivity index (χ1v) is 16.9. The van der Waals surface area contributed by atoms with Crippen molar-refractivity contribution < 1.29 is 28.6 Å². The number of nitrogens with one attached hydrogen (secondary N) is 1. The standard InChI is InChI=1S/C33H34BrFN6O5S/c1-4-46-30(42)26-25(37-28(29-36-11-14-47-29)38-27(26)23-10-7-20(35)15-24(23)34)18-39-12-13-40-22(16-39)17-41(32(40)45)21-8-5-19(6-9-21)33(2,3)31(43)44/h5-11,14-15,22,27H,4,12-13,16-18H2,1-3H3,(H,37,38)(H,43,44)/t22-,27-/m0/s1. The van der Waals surface area contributed by atoms with Gasteiger partial charge in [0.05, 0.1) is 23.6 Å². The van der Waals surface area contributed by atoms with Crippen LogP contribution in [0.15, 0.2) is 74.8 Å². The third kappa shape index (κ3) is 6.41. The number of amides is 2. The number of anilines is 1. The number of benzene rings is 2. The fourth-order valence-electron chi connectivity index (χ4n) is 6.10. The van der Waals surface area contributed by atoms with Crippen molar-refractivity contribution in [3.8, 4) is 0 Å². The number of aliphatic imine (C=N–C) groups is 1. The number of urea groups is 1. The molecular weight excluding hydrogens is 691 g/mol. The van der Waals surface area contributed by atoms with Gasteiger partial charge in [-0.25, -0.2) is 19.0 Å². The second kappa shape index (κ2) is 13.2. The Morgan fingerprint density at radius 3 is 2.60 bits per heavy atom. The van der Waals surface area contributed by atoms with E-state index >= 15 is 0 Å². The molecule has 2 amide bonds. The highest BCUT2D eigenvalue weighted by Crippen LogP contribution is 2.37. The summed E-state index contributed by atoms with van der Waals surface area (Å²) in [6, 6.07) is 10.4. The monoisotopic (exact) mass is 724 g/mol. The molecule has 0 aliphatic carbocycles. The van der Waals surface area contributed by atoms with Gasteiger partial charge in [-0.05, 0) is 56.2 Å². The molecule has 2 aromatic carbocycles. The highest BCUT2D eigenvalue weighted by atomic mass is 79.9. The Kier molecular flexibility index (Phi) is 9.18. The number of aliphatic carboxylic acids is 1. The number of rotatable bonds is 9. The van der Waals surface area contributed by atoms with Crippen molar-refractivity contribution in [3.05, 3.63) is 91.7 Å². The number of thiazole rings is 1. The Labute approximate surface area is 283 Å². The summed E-state index contributed by atoms with van der Waals surface area (Å²) in [5, 5.41) is 15.5. The van der Waals surface area contributed by atoms with Gasteiger partial charge in [0.2, 0.25) is 0 Å². The van der Waals surface area contributed by atoms with Gasteiger partial charge in [-0.3, -0.25) is 19.6 Å². The maximum Gasteiger partial charge on any atom is 0.338 e. The number of aromatic nitrogens is 1. The molecule has 14 heteroatoms. The minimum Gasteiger partial charge on any atom is -0.481 e. The molecule has 3 aliphatic rings. The number of hydrogen-bond donors (Lipinski definition) is 2. The van der Waals surface area contributed by atoms with Gasteiger partial charge in [0, 0.05) is 60.2 Å². The molecule has 47 heavy (non-hydrogen) atoms. The Bertz CT molecular complexity index is 1760. The van der Waals surface area contributed by atoms with E-state index in [0.717, 1.165) is 0 Å². The maximum absolute atomic E-state index is 14.1. The average molecular weight is 726 g/mol. The number of halogens is 2. The predicted molar refractivity (Wildman–Crippen MR) is 179 cm³/mol. The molecule has 6 rings (SSSR count). The van der Waals surface area contributed by atoms with Gasteiger partial charge in [-0.15, -0.1) is 11.3 Å². The molecule has 4 heterocycles. The quantitative estimate of drug-likeness (QED) is 0.297. The van der Waals surface area contributed by atoms with Gasteiger partial charge >= 0.3 is 18.0 Å². The van der Waals surface area contributed by atoms with Crippen molar-refractivity contribution in [2.45, 2.75) is 38.3 Å². The van der Waals surface area contributed by atoms with Crippen molar-refractivity contribution in [2.24, 2.45) is 4.99 Å². The summed E-state index contributed by atoms with van der Waals surface area (Å²) in [6.45, 7) is 7.64. The van der Waals surface area contributed by atoms with Gasteiger partial charge in [0.25, 0.3) is 0 Å². The first-order valence-electron chi connectivity index (χ1n) is 15.2. The molecule has 0 spiro atoms. The lowest BCUT2D eigenvalue weighted by atomic mass is 9.85. The van der Waals surface area contributed by atoms with E-state index in [1.807, 2.05) is 10.3 Å². The first kappa shape index (κ1) is 32.8. The number of carboxylic acids is 1. The summed E-state index contributed by atoms with van der Waals surface area (Å²) in [5.74, 6) is -1.36. The average Bonchev–Trinajstić information content (AvgIpc) is 3.69. The van der Waals surface area contributed by atoms with Crippen LogP contribution in [0.25, 0.3) is 0 Å². The first-order chi connectivity index (χ1) is 22.5. The molecule has 2 fully saturated rings. The zero-order valence-electron chi connectivity index (χ0n) is 26.1. The number of carboxylic acid groups (broad SMARTS) is 1. The van der Waals surface area contributed by atoms with E-state index in [0.29, 0.717) is 76.1 Å². The summed E-state index contributed by atoms with van der Waals surface area (Å²) in [4.78, 5) is 53.8. The van der Waals surface area contributed by atoms with Gasteiger partial charge in [0.1, 0.15) is 11.9 Å². The van der Waals surface area contributed by atoms with Crippen LogP contribution in [0.5, 0.6) is 0 Å². The van der Waals surface area contributed by atoms with Crippen molar-refractivity contribution in [2.75, 3.05) is 44.2 Å². The highest BCUT2D eigenvalue weighted by molar-refractivity contribution is 9.10. The van der Waals surface area contributed by atoms with E-state index in [1.165, 1.54) is 23.5 Å². The van der Waals surface area contributed by atoms with Crippen LogP contribution in [0.1, 0.15) is 42.9 Å². The lowest BCUT2D eigenvalue weighted by Gasteiger charge is -2.38. The van der Waals surface area contributed by atoms with Crippen LogP contribution < -0.4 is 10.2 Å². The van der Waals surface area contributed by atoms with E-state index in [2.05, 4.69) is 31.1 Å². The van der Waals surface area contributed by atoms with Crippen molar-refractivity contribution in [1.82, 2.24) is 20.1 Å². The van der Waals surface area contributed by atoms with Crippen molar-refractivity contribution >= 4 is 56.8 Å². The lowest BCUT2D eigenvalue weighted by Crippen LogP contribution is -2.53. The fourth-order valence-corrected chi connectivity index (χ4v) is 7.26. The second-order valence-electron chi connectivity index (χ2n) is 12.1. The summed E-state index contributed by atoms with van der Waals surface area (Å²) in [6.07, 6.45) is 1.68. The SMILES string of the molecule is CCOC(=O)C1=C(CN2CCN3C(=O)N(c4ccc(C(C)(C)C(=O)O)cc4)C[C@@H]3C2)NC(c2nccs2)=N[C@H]1c1ccc(F)cc1Br. The van der Waals surface area contributed by atoms with E-state index in [4.69, 9.17) is 9.73 Å². The maximum atomic E-state index is 14.1. The molecular formula is C33H34BrFN6O5S. The molecule has 0 radical (unpaired) electrons. The number of fused-ring (bicyclic) bond motifs is 1. The van der Waals surface area contributed by atoms with Crippen LogP contribution in [0.4, 0.5) is 14.9 Å². The van der Waals surface area contributed by atoms with E-state index in [1.54, 1.807) is 62.2 Å². The predicted octanol–water partition coefficient (Wildman–Crippen LogP) is 4.94. The molecule has 3 aromatic rings. The third-order valence-corrected chi connectivity index (χ3v) is 10.2. The zero-order chi connectivity index (χ0) is 33.5. The summed E-state index contributed by atoms with van der Waals surface area (Å²) in [7, 11) is 0. The number of piperazine rings is 1. The summed E-state index contributed by atoms with van der Waals surface area (Å²) in [5.41, 5.74) is 1.86. The van der Waals surface area contributed by atoms with Crippen molar-refractivity contribution in [3.63, 3.8) is 0 Å². The zero-order valence-corrected chi connectivity index (χ0v) is 28.5. The molecule has 2 saturated heterocycles. The Balaban J connectivity index is 1.27. The van der Waals surface area contributed by atoms with E-state index in [9.17, 15) is 23.9 Å². The lowest BCUT2D eigenvalue weighted by molar-refractivity contribution is -0.142. The smallest absolute Gasteiger partial charge is 0.338 e. The molecule has 2 atom stereocenters. The van der Waals surface area contributed by atoms with E-state index < -0.39 is 29.2 Å². The minimum atomic E-state index is -1.05. The molecule has 0 bridgehead atoms. The van der Waals surface area contributed by atoms with Gasteiger partial charge < -0.3 is 20.1 Å². The number of amidine groups is 1. The number of esters is 1. The Morgan fingerprint density at radius 1 is 1.17 bits per heavy atom. The fraction of sp³-hybridized carbons (Fsp3) is 0.364. The largest absolute Gasteiger partial charge is 0.481 e.